The molecule has 7 heteroatoms. The maximum Gasteiger partial charge on any atom is 0.264 e. The van der Waals surface area contributed by atoms with Gasteiger partial charge in [-0.25, -0.2) is 0 Å². The van der Waals surface area contributed by atoms with Crippen LogP contribution in [0.2, 0.25) is 0 Å². The lowest BCUT2D eigenvalue weighted by Gasteiger charge is -2.04. The summed E-state index contributed by atoms with van der Waals surface area (Å²) >= 11 is 0. The monoisotopic (exact) mass is 420 g/mol. The molecule has 31 heavy (non-hydrogen) atoms. The number of unbranched alkanes of at least 4 members (excludes halogenated alkanes) is 2. The highest BCUT2D eigenvalue weighted by atomic mass is 16.3. The molecule has 7 nitrogen and oxygen atoms in total. The summed E-state index contributed by atoms with van der Waals surface area (Å²) in [5.41, 5.74) is 2.88. The van der Waals surface area contributed by atoms with Gasteiger partial charge in [0.15, 0.2) is 5.69 Å². The standard InChI is InChI=1S/C24H28N4O3/c1-3-28-20-14-13-17(2)16-19(20)22(24(28)31)27-26-21(29)12-8-5-9-15-25-23(30)18-10-6-4-7-11-18/h4,6-7,10-11,13-14,16,31H,3,5,8-9,12,15H2,1-2H3,(H,25,30). The van der Waals surface area contributed by atoms with Gasteiger partial charge < -0.3 is 15.0 Å². The summed E-state index contributed by atoms with van der Waals surface area (Å²) in [6.45, 7) is 5.06. The number of carbonyl (C=O) groups excluding carboxylic acids is 2. The lowest BCUT2D eigenvalue weighted by atomic mass is 10.1. The number of nitrogens with one attached hydrogen (secondary N) is 1. The van der Waals surface area contributed by atoms with Crippen molar-refractivity contribution in [3.63, 3.8) is 0 Å². The van der Waals surface area contributed by atoms with E-state index < -0.39 is 0 Å². The molecular formula is C24H28N4O3. The molecule has 0 unspecified atom stereocenters. The van der Waals surface area contributed by atoms with Crippen LogP contribution >= 0.6 is 0 Å². The normalized spacial score (nSPS) is 11.3. The van der Waals surface area contributed by atoms with E-state index in [-0.39, 0.29) is 24.1 Å². The van der Waals surface area contributed by atoms with Gasteiger partial charge in [-0.2, -0.15) is 0 Å². The number of benzene rings is 2. The summed E-state index contributed by atoms with van der Waals surface area (Å²) in [5, 5.41) is 22.0. The number of fused-ring (bicyclic) bond motifs is 1. The first kappa shape index (κ1) is 22.2. The molecule has 1 heterocycles. The Bertz CT molecular complexity index is 1090. The van der Waals surface area contributed by atoms with Crippen LogP contribution in [0.1, 0.15) is 48.5 Å². The summed E-state index contributed by atoms with van der Waals surface area (Å²) in [5.74, 6) is -0.390. The van der Waals surface area contributed by atoms with E-state index in [1.54, 1.807) is 16.7 Å². The minimum Gasteiger partial charge on any atom is -0.493 e. The second-order valence-electron chi connectivity index (χ2n) is 7.46. The summed E-state index contributed by atoms with van der Waals surface area (Å²) in [6.07, 6.45) is 2.53. The Labute approximate surface area is 181 Å². The third-order valence-corrected chi connectivity index (χ3v) is 5.13. The first-order chi connectivity index (χ1) is 15.0. The molecule has 0 bridgehead atoms. The van der Waals surface area contributed by atoms with E-state index in [9.17, 15) is 14.7 Å². The van der Waals surface area contributed by atoms with E-state index in [0.717, 1.165) is 29.3 Å². The summed E-state index contributed by atoms with van der Waals surface area (Å²) in [6, 6.07) is 14.9. The average molecular weight is 421 g/mol. The number of rotatable bonds is 9. The number of hydrogen-bond acceptors (Lipinski definition) is 4. The van der Waals surface area contributed by atoms with E-state index >= 15 is 0 Å². The molecule has 0 aliphatic heterocycles. The predicted octanol–water partition coefficient (Wildman–Crippen LogP) is 5.28. The molecule has 2 amide bonds. The minimum absolute atomic E-state index is 0.0220. The summed E-state index contributed by atoms with van der Waals surface area (Å²) in [7, 11) is 0. The lowest BCUT2D eigenvalue weighted by Crippen LogP contribution is -2.24. The molecule has 0 saturated heterocycles. The second kappa shape index (κ2) is 10.5. The molecule has 2 N–H and O–H groups in total. The topological polar surface area (TPSA) is 96.0 Å². The van der Waals surface area contributed by atoms with Crippen LogP contribution in [0.25, 0.3) is 10.9 Å². The zero-order valence-electron chi connectivity index (χ0n) is 18.0. The Hall–Kier alpha value is -3.48. The third-order valence-electron chi connectivity index (χ3n) is 5.13. The summed E-state index contributed by atoms with van der Waals surface area (Å²) < 4.78 is 1.75. The van der Waals surface area contributed by atoms with Crippen molar-refractivity contribution in [3.8, 4) is 5.88 Å². The van der Waals surface area contributed by atoms with Crippen LogP contribution < -0.4 is 5.32 Å². The van der Waals surface area contributed by atoms with Crippen LogP contribution in [0, 0.1) is 6.92 Å². The Morgan fingerprint density at radius 2 is 1.84 bits per heavy atom. The highest BCUT2D eigenvalue weighted by Gasteiger charge is 2.16. The molecule has 2 aromatic carbocycles. The molecule has 0 spiro atoms. The molecule has 162 valence electrons. The highest BCUT2D eigenvalue weighted by Crippen LogP contribution is 2.39. The minimum atomic E-state index is -0.322. The van der Waals surface area contributed by atoms with Gasteiger partial charge in [0.2, 0.25) is 5.88 Å². The fraction of sp³-hybridized carbons (Fsp3) is 0.333. The van der Waals surface area contributed by atoms with Gasteiger partial charge in [-0.15, -0.1) is 10.2 Å². The van der Waals surface area contributed by atoms with E-state index in [1.165, 1.54) is 0 Å². The van der Waals surface area contributed by atoms with Crippen LogP contribution in [0.4, 0.5) is 5.69 Å². The van der Waals surface area contributed by atoms with Crippen molar-refractivity contribution in [2.75, 3.05) is 6.54 Å². The predicted molar refractivity (Wildman–Crippen MR) is 121 cm³/mol. The van der Waals surface area contributed by atoms with E-state index in [0.29, 0.717) is 30.8 Å². The van der Waals surface area contributed by atoms with Crippen LogP contribution in [-0.2, 0) is 11.3 Å². The van der Waals surface area contributed by atoms with Gasteiger partial charge in [0.25, 0.3) is 11.8 Å². The Kier molecular flexibility index (Phi) is 7.54. The molecule has 0 saturated carbocycles. The lowest BCUT2D eigenvalue weighted by molar-refractivity contribution is -0.118. The van der Waals surface area contributed by atoms with Crippen LogP contribution in [-0.4, -0.2) is 28.0 Å². The zero-order valence-corrected chi connectivity index (χ0v) is 18.0. The first-order valence-corrected chi connectivity index (χ1v) is 10.6. The number of azo groups is 1. The first-order valence-electron chi connectivity index (χ1n) is 10.6. The molecule has 0 fully saturated rings. The maximum absolute atomic E-state index is 12.1. The van der Waals surface area contributed by atoms with E-state index in [1.807, 2.05) is 50.2 Å². The molecule has 0 aliphatic carbocycles. The second-order valence-corrected chi connectivity index (χ2v) is 7.46. The van der Waals surface area contributed by atoms with E-state index in [2.05, 4.69) is 15.5 Å². The number of nitrogens with zero attached hydrogens (tertiary/aromatic N) is 3. The highest BCUT2D eigenvalue weighted by molar-refractivity contribution is 5.96. The van der Waals surface area contributed by atoms with Crippen molar-refractivity contribution in [1.29, 1.82) is 0 Å². The zero-order chi connectivity index (χ0) is 22.2. The van der Waals surface area contributed by atoms with Crippen molar-refractivity contribution in [2.45, 2.75) is 46.1 Å². The molecule has 0 aliphatic rings. The third kappa shape index (κ3) is 5.57. The average Bonchev–Trinajstić information content (AvgIpc) is 3.04. The van der Waals surface area contributed by atoms with Crippen LogP contribution in [0.3, 0.4) is 0 Å². The van der Waals surface area contributed by atoms with Crippen molar-refractivity contribution >= 4 is 28.4 Å². The summed E-state index contributed by atoms with van der Waals surface area (Å²) in [4.78, 5) is 24.1. The number of aryl methyl sites for hydroxylation is 2. The van der Waals surface area contributed by atoms with Crippen molar-refractivity contribution in [2.24, 2.45) is 10.2 Å². The van der Waals surface area contributed by atoms with E-state index in [4.69, 9.17) is 0 Å². The fourth-order valence-corrected chi connectivity index (χ4v) is 3.48. The van der Waals surface area contributed by atoms with Crippen molar-refractivity contribution in [1.82, 2.24) is 9.88 Å². The molecule has 3 rings (SSSR count). The smallest absolute Gasteiger partial charge is 0.264 e. The van der Waals surface area contributed by atoms with Crippen LogP contribution in [0.15, 0.2) is 58.8 Å². The van der Waals surface area contributed by atoms with Gasteiger partial charge in [0.1, 0.15) is 0 Å². The van der Waals surface area contributed by atoms with Gasteiger partial charge in [-0.1, -0.05) is 36.2 Å². The van der Waals surface area contributed by atoms with Gasteiger partial charge in [-0.3, -0.25) is 9.59 Å². The molecule has 0 atom stereocenters. The number of hydrogen-bond donors (Lipinski definition) is 2. The van der Waals surface area contributed by atoms with Crippen molar-refractivity contribution in [3.05, 3.63) is 59.7 Å². The van der Waals surface area contributed by atoms with Gasteiger partial charge in [-0.05, 0) is 51.0 Å². The molecule has 1 aromatic heterocycles. The Morgan fingerprint density at radius 1 is 1.06 bits per heavy atom. The molecule has 3 aromatic rings. The number of aromatic nitrogens is 1. The quantitative estimate of drug-likeness (QED) is 0.364. The molecular weight excluding hydrogens is 392 g/mol. The van der Waals surface area contributed by atoms with Crippen molar-refractivity contribution < 1.29 is 14.7 Å². The molecule has 0 radical (unpaired) electrons. The maximum atomic E-state index is 12.1. The fourth-order valence-electron chi connectivity index (χ4n) is 3.48. The number of amides is 2. The van der Waals surface area contributed by atoms with Crippen LogP contribution in [0.5, 0.6) is 5.88 Å². The van der Waals surface area contributed by atoms with Gasteiger partial charge in [0.05, 0.1) is 5.52 Å². The Balaban J connectivity index is 1.46. The largest absolute Gasteiger partial charge is 0.493 e. The SMILES string of the molecule is CCn1c(O)c(N=NC(=O)CCCCCNC(=O)c2ccccc2)c2cc(C)ccc21. The Morgan fingerprint density at radius 3 is 2.58 bits per heavy atom. The van der Waals surface area contributed by atoms with Gasteiger partial charge in [0, 0.05) is 30.5 Å². The number of aromatic hydroxyl groups is 1. The number of carbonyl (C=O) groups is 2. The van der Waals surface area contributed by atoms with Gasteiger partial charge >= 0.3 is 0 Å².